The Labute approximate surface area is 119 Å². The van der Waals surface area contributed by atoms with Gasteiger partial charge in [0.1, 0.15) is 0 Å². The van der Waals surface area contributed by atoms with Crippen LogP contribution in [0.4, 0.5) is 0 Å². The normalized spacial score (nSPS) is 19.7. The third kappa shape index (κ3) is 2.74. The van der Waals surface area contributed by atoms with Crippen LogP contribution in [0.25, 0.3) is 0 Å². The average Bonchev–Trinajstić information content (AvgIpc) is 2.79. The van der Waals surface area contributed by atoms with E-state index in [0.717, 1.165) is 16.4 Å². The van der Waals surface area contributed by atoms with Gasteiger partial charge in [0.05, 0.1) is 18.2 Å². The van der Waals surface area contributed by atoms with Gasteiger partial charge in [-0.2, -0.15) is 0 Å². The van der Waals surface area contributed by atoms with Crippen LogP contribution in [0.15, 0.2) is 18.2 Å². The molecule has 0 aromatic heterocycles. The van der Waals surface area contributed by atoms with Crippen molar-refractivity contribution in [3.63, 3.8) is 0 Å². The van der Waals surface area contributed by atoms with Gasteiger partial charge < -0.3 is 10.0 Å². The second-order valence-corrected chi connectivity index (χ2v) is 5.70. The smallest absolute Gasteiger partial charge is 0.255 e. The number of carbonyl (C=O) groups excluding carboxylic acids is 1. The van der Waals surface area contributed by atoms with E-state index in [1.165, 1.54) is 0 Å². The van der Waals surface area contributed by atoms with Crippen LogP contribution in [0.5, 0.6) is 0 Å². The van der Waals surface area contributed by atoms with Crippen LogP contribution < -0.4 is 0 Å². The van der Waals surface area contributed by atoms with E-state index in [2.05, 4.69) is 22.6 Å². The lowest BCUT2D eigenvalue weighted by Gasteiger charge is -2.23. The maximum Gasteiger partial charge on any atom is 0.255 e. The minimum absolute atomic E-state index is 0.0306. The molecule has 0 aliphatic carbocycles. The SMILES string of the molecule is O=C(c1cc(Cl)ccc1I)N1CCC[C@H]1CO. The monoisotopic (exact) mass is 365 g/mol. The molecule has 2 rings (SSSR count). The molecule has 92 valence electrons. The maximum atomic E-state index is 12.3. The minimum Gasteiger partial charge on any atom is -0.394 e. The predicted molar refractivity (Wildman–Crippen MR) is 75.3 cm³/mol. The first-order valence-corrected chi connectivity index (χ1v) is 6.96. The summed E-state index contributed by atoms with van der Waals surface area (Å²) in [4.78, 5) is 14.1. The summed E-state index contributed by atoms with van der Waals surface area (Å²) in [5.41, 5.74) is 0.624. The Morgan fingerprint density at radius 1 is 1.59 bits per heavy atom. The zero-order valence-corrected chi connectivity index (χ0v) is 12.1. The molecule has 1 fully saturated rings. The van der Waals surface area contributed by atoms with E-state index in [1.54, 1.807) is 17.0 Å². The molecule has 0 bridgehead atoms. The molecule has 17 heavy (non-hydrogen) atoms. The van der Waals surface area contributed by atoms with Gasteiger partial charge >= 0.3 is 0 Å². The summed E-state index contributed by atoms with van der Waals surface area (Å²) in [6.07, 6.45) is 1.83. The van der Waals surface area contributed by atoms with Crippen LogP contribution in [-0.2, 0) is 0 Å². The van der Waals surface area contributed by atoms with Gasteiger partial charge in [0, 0.05) is 15.1 Å². The molecule has 0 unspecified atom stereocenters. The number of amides is 1. The number of hydrogen-bond donors (Lipinski definition) is 1. The van der Waals surface area contributed by atoms with Crippen LogP contribution >= 0.6 is 34.2 Å². The van der Waals surface area contributed by atoms with Crippen molar-refractivity contribution in [3.05, 3.63) is 32.4 Å². The van der Waals surface area contributed by atoms with Crippen LogP contribution in [0.3, 0.4) is 0 Å². The topological polar surface area (TPSA) is 40.5 Å². The highest BCUT2D eigenvalue weighted by Gasteiger charge is 2.29. The highest BCUT2D eigenvalue weighted by atomic mass is 127. The van der Waals surface area contributed by atoms with E-state index in [1.807, 2.05) is 6.07 Å². The van der Waals surface area contributed by atoms with Crippen LogP contribution in [0.1, 0.15) is 23.2 Å². The van der Waals surface area contributed by atoms with Gasteiger partial charge in [0.15, 0.2) is 0 Å². The molecule has 0 radical (unpaired) electrons. The van der Waals surface area contributed by atoms with Crippen molar-refractivity contribution in [2.75, 3.05) is 13.2 Å². The number of halogens is 2. The highest BCUT2D eigenvalue weighted by molar-refractivity contribution is 14.1. The molecule has 1 aliphatic rings. The predicted octanol–water partition coefficient (Wildman–Crippen LogP) is 2.54. The Morgan fingerprint density at radius 3 is 3.06 bits per heavy atom. The van der Waals surface area contributed by atoms with E-state index < -0.39 is 0 Å². The number of aliphatic hydroxyl groups is 1. The Balaban J connectivity index is 2.27. The van der Waals surface area contributed by atoms with Gasteiger partial charge in [-0.05, 0) is 53.6 Å². The number of hydrogen-bond acceptors (Lipinski definition) is 2. The molecule has 1 aliphatic heterocycles. The summed E-state index contributed by atoms with van der Waals surface area (Å²) in [5.74, 6) is -0.0338. The van der Waals surface area contributed by atoms with Gasteiger partial charge in [-0.25, -0.2) is 0 Å². The Morgan fingerprint density at radius 2 is 2.35 bits per heavy atom. The first-order chi connectivity index (χ1) is 8.13. The summed E-state index contributed by atoms with van der Waals surface area (Å²) in [6.45, 7) is 0.746. The lowest BCUT2D eigenvalue weighted by molar-refractivity contribution is 0.0676. The zero-order chi connectivity index (χ0) is 12.4. The lowest BCUT2D eigenvalue weighted by Crippen LogP contribution is -2.37. The Kier molecular flexibility index (Phi) is 4.27. The van der Waals surface area contributed by atoms with Gasteiger partial charge in [-0.15, -0.1) is 0 Å². The molecule has 1 amide bonds. The Bertz CT molecular complexity index is 439. The number of carbonyl (C=O) groups is 1. The molecule has 0 saturated carbocycles. The van der Waals surface area contributed by atoms with Crippen LogP contribution in [0, 0.1) is 3.57 Å². The van der Waals surface area contributed by atoms with Crippen molar-refractivity contribution in [3.8, 4) is 0 Å². The highest BCUT2D eigenvalue weighted by Crippen LogP contribution is 2.24. The van der Waals surface area contributed by atoms with Crippen LogP contribution in [-0.4, -0.2) is 35.1 Å². The van der Waals surface area contributed by atoms with E-state index in [9.17, 15) is 9.90 Å². The molecule has 1 saturated heterocycles. The third-order valence-corrected chi connectivity index (χ3v) is 4.18. The standard InChI is InChI=1S/C12H13ClINO2/c13-8-3-4-11(14)10(6-8)12(17)15-5-1-2-9(15)7-16/h3-4,6,9,16H,1-2,5,7H2/t9-/m0/s1. The van der Waals surface area contributed by atoms with Crippen molar-refractivity contribution in [2.45, 2.75) is 18.9 Å². The fourth-order valence-electron chi connectivity index (χ4n) is 2.11. The number of aliphatic hydroxyl groups excluding tert-OH is 1. The minimum atomic E-state index is -0.0442. The first kappa shape index (κ1) is 13.1. The fraction of sp³-hybridized carbons (Fsp3) is 0.417. The van der Waals surface area contributed by atoms with Crippen molar-refractivity contribution in [1.82, 2.24) is 4.90 Å². The van der Waals surface area contributed by atoms with Crippen molar-refractivity contribution < 1.29 is 9.90 Å². The van der Waals surface area contributed by atoms with E-state index in [0.29, 0.717) is 17.1 Å². The summed E-state index contributed by atoms with van der Waals surface area (Å²) in [6, 6.07) is 5.25. The van der Waals surface area contributed by atoms with Gasteiger partial charge in [-0.1, -0.05) is 11.6 Å². The summed E-state index contributed by atoms with van der Waals surface area (Å²) in [7, 11) is 0. The largest absolute Gasteiger partial charge is 0.394 e. The summed E-state index contributed by atoms with van der Waals surface area (Å²) < 4.78 is 0.889. The molecular weight excluding hydrogens is 352 g/mol. The summed E-state index contributed by atoms with van der Waals surface area (Å²) in [5, 5.41) is 9.80. The second-order valence-electron chi connectivity index (χ2n) is 4.10. The molecule has 1 aromatic carbocycles. The maximum absolute atomic E-state index is 12.3. The van der Waals surface area contributed by atoms with Gasteiger partial charge in [0.25, 0.3) is 5.91 Å². The van der Waals surface area contributed by atoms with Gasteiger partial charge in [-0.3, -0.25) is 4.79 Å². The van der Waals surface area contributed by atoms with Crippen molar-refractivity contribution in [1.29, 1.82) is 0 Å². The quantitative estimate of drug-likeness (QED) is 0.818. The average molecular weight is 366 g/mol. The van der Waals surface area contributed by atoms with Gasteiger partial charge in [0.2, 0.25) is 0 Å². The fourth-order valence-corrected chi connectivity index (χ4v) is 2.85. The van der Waals surface area contributed by atoms with Crippen LogP contribution in [0.2, 0.25) is 5.02 Å². The summed E-state index contributed by atoms with van der Waals surface area (Å²) >= 11 is 8.04. The van der Waals surface area contributed by atoms with E-state index >= 15 is 0 Å². The molecule has 1 heterocycles. The van der Waals surface area contributed by atoms with E-state index in [4.69, 9.17) is 11.6 Å². The molecular formula is C12H13ClINO2. The second kappa shape index (κ2) is 5.54. The third-order valence-electron chi connectivity index (χ3n) is 3.01. The molecule has 1 N–H and O–H groups in total. The number of likely N-dealkylation sites (tertiary alicyclic amines) is 1. The number of benzene rings is 1. The number of nitrogens with zero attached hydrogens (tertiary/aromatic N) is 1. The lowest BCUT2D eigenvalue weighted by atomic mass is 10.2. The Hall–Kier alpha value is -0.330. The van der Waals surface area contributed by atoms with Crippen molar-refractivity contribution in [2.24, 2.45) is 0 Å². The molecule has 1 atom stereocenters. The first-order valence-electron chi connectivity index (χ1n) is 5.50. The zero-order valence-electron chi connectivity index (χ0n) is 9.20. The van der Waals surface area contributed by atoms with E-state index in [-0.39, 0.29) is 18.6 Å². The molecule has 3 nitrogen and oxygen atoms in total. The molecule has 1 aromatic rings. The van der Waals surface area contributed by atoms with Crippen molar-refractivity contribution >= 4 is 40.1 Å². The number of rotatable bonds is 2. The molecule has 5 heteroatoms. The molecule has 0 spiro atoms.